The highest BCUT2D eigenvalue weighted by atomic mass is 16.5. The van der Waals surface area contributed by atoms with Crippen LogP contribution in [0.15, 0.2) is 36.9 Å². The third kappa shape index (κ3) is 3.59. The second-order valence-corrected chi connectivity index (χ2v) is 8.56. The van der Waals surface area contributed by atoms with E-state index in [-0.39, 0.29) is 11.9 Å². The number of hydrogen-bond acceptors (Lipinski definition) is 9. The minimum atomic E-state index is 0.105. The largest absolute Gasteiger partial charge is 0.474 e. The van der Waals surface area contributed by atoms with Crippen LogP contribution in [0.1, 0.15) is 12.8 Å². The second-order valence-electron chi connectivity index (χ2n) is 8.56. The van der Waals surface area contributed by atoms with E-state index >= 15 is 0 Å². The molecule has 2 fully saturated rings. The van der Waals surface area contributed by atoms with E-state index in [0.29, 0.717) is 18.9 Å². The monoisotopic (exact) mass is 447 g/mol. The van der Waals surface area contributed by atoms with Gasteiger partial charge in [-0.05, 0) is 24.6 Å². The van der Waals surface area contributed by atoms with Crippen LogP contribution in [-0.4, -0.2) is 69.5 Å². The fourth-order valence-electron chi connectivity index (χ4n) is 4.72. The predicted molar refractivity (Wildman–Crippen MR) is 123 cm³/mol. The smallest absolute Gasteiger partial charge is 0.238 e. The van der Waals surface area contributed by atoms with Crippen LogP contribution in [0.25, 0.3) is 0 Å². The summed E-state index contributed by atoms with van der Waals surface area (Å²) in [6.45, 7) is 4.05. The molecule has 0 saturated carbocycles. The number of fused-ring (bicyclic) bond motifs is 3. The number of piperazine rings is 1. The van der Waals surface area contributed by atoms with Crippen molar-refractivity contribution >= 4 is 34.7 Å². The molecular weight excluding hydrogens is 422 g/mol. The van der Waals surface area contributed by atoms with Crippen molar-refractivity contribution in [1.82, 2.24) is 24.7 Å². The molecule has 1 amide bonds. The lowest BCUT2D eigenvalue weighted by Gasteiger charge is -2.36. The van der Waals surface area contributed by atoms with Gasteiger partial charge in [0.25, 0.3) is 0 Å². The highest BCUT2D eigenvalue weighted by Gasteiger charge is 2.38. The molecule has 6 rings (SSSR count). The average molecular weight is 448 g/mol. The van der Waals surface area contributed by atoms with Crippen molar-refractivity contribution < 1.29 is 9.53 Å². The molecule has 33 heavy (non-hydrogen) atoms. The molecule has 6 heterocycles. The fraction of sp³-hybridized carbons (Fsp3) is 0.409. The van der Waals surface area contributed by atoms with E-state index < -0.39 is 0 Å². The molecule has 0 aromatic carbocycles. The Morgan fingerprint density at radius 2 is 1.94 bits per heavy atom. The summed E-state index contributed by atoms with van der Waals surface area (Å²) in [5.41, 5.74) is 2.59. The van der Waals surface area contributed by atoms with Crippen LogP contribution in [0, 0.1) is 0 Å². The SMILES string of the molecule is Cn1cnnc1N1CCN(c2ccc(Nc3cnc4c(c3)N3C(=O)CC[C@H]3CO4)nc2)CC1. The number of ether oxygens (including phenoxy) is 1. The number of carbonyl (C=O) groups is 1. The molecule has 0 aliphatic carbocycles. The van der Waals surface area contributed by atoms with Crippen molar-refractivity contribution in [2.45, 2.75) is 18.9 Å². The van der Waals surface area contributed by atoms with Gasteiger partial charge in [0.1, 0.15) is 24.4 Å². The topological polar surface area (TPSA) is 105 Å². The molecule has 3 aliphatic heterocycles. The summed E-state index contributed by atoms with van der Waals surface area (Å²) in [5.74, 6) is 2.26. The normalized spacial score (nSPS) is 19.8. The first kappa shape index (κ1) is 19.8. The summed E-state index contributed by atoms with van der Waals surface area (Å²) in [6, 6.07) is 6.06. The predicted octanol–water partition coefficient (Wildman–Crippen LogP) is 1.56. The average Bonchev–Trinajstić information content (AvgIpc) is 3.45. The minimum absolute atomic E-state index is 0.105. The van der Waals surface area contributed by atoms with Crippen LogP contribution >= 0.6 is 0 Å². The number of pyridine rings is 2. The van der Waals surface area contributed by atoms with Crippen LogP contribution in [0.3, 0.4) is 0 Å². The lowest BCUT2D eigenvalue weighted by Crippen LogP contribution is -2.47. The van der Waals surface area contributed by atoms with Gasteiger partial charge in [-0.3, -0.25) is 4.79 Å². The fourth-order valence-corrected chi connectivity index (χ4v) is 4.72. The summed E-state index contributed by atoms with van der Waals surface area (Å²) in [6.07, 6.45) is 6.70. The lowest BCUT2D eigenvalue weighted by atomic mass is 10.2. The molecule has 0 radical (unpaired) electrons. The summed E-state index contributed by atoms with van der Waals surface area (Å²) in [7, 11) is 1.96. The number of nitrogens with one attached hydrogen (secondary N) is 1. The molecule has 0 bridgehead atoms. The molecule has 170 valence electrons. The maximum absolute atomic E-state index is 12.3. The van der Waals surface area contributed by atoms with Gasteiger partial charge in [0.05, 0.1) is 29.8 Å². The van der Waals surface area contributed by atoms with Crippen molar-refractivity contribution in [3.8, 4) is 5.88 Å². The number of nitrogens with zero attached hydrogens (tertiary/aromatic N) is 8. The van der Waals surface area contributed by atoms with Crippen molar-refractivity contribution in [3.05, 3.63) is 36.9 Å². The molecule has 0 unspecified atom stereocenters. The van der Waals surface area contributed by atoms with Gasteiger partial charge in [0, 0.05) is 39.6 Å². The molecule has 1 atom stereocenters. The van der Waals surface area contributed by atoms with E-state index in [9.17, 15) is 4.79 Å². The Labute approximate surface area is 191 Å². The van der Waals surface area contributed by atoms with Gasteiger partial charge in [-0.15, -0.1) is 10.2 Å². The minimum Gasteiger partial charge on any atom is -0.474 e. The van der Waals surface area contributed by atoms with Crippen LogP contribution in [-0.2, 0) is 11.8 Å². The lowest BCUT2D eigenvalue weighted by molar-refractivity contribution is -0.117. The Balaban J connectivity index is 1.12. The molecule has 11 nitrogen and oxygen atoms in total. The zero-order chi connectivity index (χ0) is 22.4. The number of aryl methyl sites for hydroxylation is 1. The number of rotatable bonds is 4. The Hall–Kier alpha value is -3.89. The van der Waals surface area contributed by atoms with Gasteiger partial charge >= 0.3 is 0 Å². The van der Waals surface area contributed by atoms with Crippen LogP contribution in [0.5, 0.6) is 5.88 Å². The van der Waals surface area contributed by atoms with Crippen LogP contribution in [0.4, 0.5) is 28.8 Å². The van der Waals surface area contributed by atoms with Gasteiger partial charge in [0.2, 0.25) is 17.7 Å². The van der Waals surface area contributed by atoms with Crippen molar-refractivity contribution in [3.63, 3.8) is 0 Å². The maximum atomic E-state index is 12.3. The number of amides is 1. The molecule has 11 heteroatoms. The zero-order valence-electron chi connectivity index (χ0n) is 18.4. The number of carbonyl (C=O) groups excluding carboxylic acids is 1. The Morgan fingerprint density at radius 1 is 1.09 bits per heavy atom. The second kappa shape index (κ2) is 7.91. The number of hydrogen-bond donors (Lipinski definition) is 1. The van der Waals surface area contributed by atoms with Crippen LogP contribution in [0.2, 0.25) is 0 Å². The Kier molecular flexibility index (Phi) is 4.74. The van der Waals surface area contributed by atoms with E-state index in [1.165, 1.54) is 0 Å². The molecular formula is C22H25N9O2. The van der Waals surface area contributed by atoms with Crippen molar-refractivity contribution in [1.29, 1.82) is 0 Å². The van der Waals surface area contributed by atoms with E-state index in [2.05, 4.69) is 41.3 Å². The van der Waals surface area contributed by atoms with E-state index in [4.69, 9.17) is 4.74 Å². The Morgan fingerprint density at radius 3 is 2.70 bits per heavy atom. The highest BCUT2D eigenvalue weighted by molar-refractivity contribution is 5.98. The van der Waals surface area contributed by atoms with E-state index in [1.807, 2.05) is 34.8 Å². The summed E-state index contributed by atoms with van der Waals surface area (Å²) >= 11 is 0. The number of aromatic nitrogens is 5. The van der Waals surface area contributed by atoms with Crippen molar-refractivity contribution in [2.75, 3.05) is 52.8 Å². The summed E-state index contributed by atoms with van der Waals surface area (Å²) in [5, 5.41) is 11.5. The van der Waals surface area contributed by atoms with Gasteiger partial charge in [-0.1, -0.05) is 0 Å². The molecule has 0 spiro atoms. The molecule has 2 saturated heterocycles. The van der Waals surface area contributed by atoms with Gasteiger partial charge in [-0.25, -0.2) is 9.97 Å². The molecule has 3 aromatic rings. The van der Waals surface area contributed by atoms with E-state index in [0.717, 1.165) is 61.4 Å². The van der Waals surface area contributed by atoms with Gasteiger partial charge in [-0.2, -0.15) is 0 Å². The third-order valence-electron chi connectivity index (χ3n) is 6.46. The zero-order valence-corrected chi connectivity index (χ0v) is 18.4. The maximum Gasteiger partial charge on any atom is 0.238 e. The van der Waals surface area contributed by atoms with Crippen LogP contribution < -0.4 is 24.8 Å². The quantitative estimate of drug-likeness (QED) is 0.638. The first-order valence-corrected chi connectivity index (χ1v) is 11.2. The molecule has 3 aliphatic rings. The highest BCUT2D eigenvalue weighted by Crippen LogP contribution is 2.38. The van der Waals surface area contributed by atoms with Crippen molar-refractivity contribution in [2.24, 2.45) is 7.05 Å². The molecule has 3 aromatic heterocycles. The first-order valence-electron chi connectivity index (χ1n) is 11.2. The van der Waals surface area contributed by atoms with Gasteiger partial charge in [0.15, 0.2) is 0 Å². The third-order valence-corrected chi connectivity index (χ3v) is 6.46. The van der Waals surface area contributed by atoms with E-state index in [1.54, 1.807) is 12.5 Å². The number of anilines is 5. The standard InChI is InChI=1S/C22H25N9O2/c1-28-14-25-27-22(28)30-8-6-29(7-9-30)16-2-4-19(23-12-16)26-15-10-18-21(24-11-15)33-13-17-3-5-20(32)31(17)18/h2,4,10-12,14,17H,3,5-9,13H2,1H3,(H,23,26)/t17-/m0/s1. The first-order chi connectivity index (χ1) is 16.2. The summed E-state index contributed by atoms with van der Waals surface area (Å²) < 4.78 is 7.69. The summed E-state index contributed by atoms with van der Waals surface area (Å²) in [4.78, 5) is 27.7. The molecule has 1 N–H and O–H groups in total. The Bertz CT molecular complexity index is 1170. The van der Waals surface area contributed by atoms with Gasteiger partial charge < -0.3 is 29.3 Å².